The van der Waals surface area contributed by atoms with E-state index in [1.165, 1.54) is 25.0 Å². The summed E-state index contributed by atoms with van der Waals surface area (Å²) in [5, 5.41) is 2.87. The van der Waals surface area contributed by atoms with Crippen molar-refractivity contribution in [2.75, 3.05) is 12.4 Å². The van der Waals surface area contributed by atoms with Crippen molar-refractivity contribution < 1.29 is 9.18 Å². The Morgan fingerprint density at radius 2 is 2.11 bits per heavy atom. The van der Waals surface area contributed by atoms with Crippen LogP contribution in [-0.4, -0.2) is 23.3 Å². The molecule has 3 nitrogen and oxygen atoms in total. The normalized spacial score (nSPS) is 23.1. The maximum Gasteiger partial charge on any atom is 0.269 e. The number of pyridine rings is 1. The number of hydrogen-bond donors (Lipinski definition) is 1. The predicted molar refractivity (Wildman–Crippen MR) is 72.7 cm³/mol. The SMILES string of the molecule is O=C(NCC1CCCCC1CCl)c1ccc(F)cn1. The van der Waals surface area contributed by atoms with Crippen molar-refractivity contribution in [2.45, 2.75) is 25.7 Å². The summed E-state index contributed by atoms with van der Waals surface area (Å²) in [7, 11) is 0. The Bertz CT molecular complexity index is 424. The van der Waals surface area contributed by atoms with E-state index < -0.39 is 5.82 Å². The summed E-state index contributed by atoms with van der Waals surface area (Å²) in [5.74, 6) is 0.882. The third-order valence-corrected chi connectivity index (χ3v) is 4.15. The van der Waals surface area contributed by atoms with Gasteiger partial charge < -0.3 is 5.32 Å². The second-order valence-electron chi connectivity index (χ2n) is 5.03. The molecule has 2 atom stereocenters. The summed E-state index contributed by atoms with van der Waals surface area (Å²) < 4.78 is 12.7. The molecule has 0 aliphatic heterocycles. The van der Waals surface area contributed by atoms with Gasteiger partial charge in [-0.2, -0.15) is 0 Å². The third kappa shape index (κ3) is 3.90. The molecular weight excluding hydrogens is 267 g/mol. The second-order valence-corrected chi connectivity index (χ2v) is 5.34. The maximum absolute atomic E-state index is 12.7. The highest BCUT2D eigenvalue weighted by atomic mass is 35.5. The third-order valence-electron chi connectivity index (χ3n) is 3.75. The van der Waals surface area contributed by atoms with Crippen molar-refractivity contribution in [3.8, 4) is 0 Å². The average Bonchev–Trinajstić information content (AvgIpc) is 2.45. The van der Waals surface area contributed by atoms with Gasteiger partial charge in [-0.05, 0) is 36.8 Å². The number of nitrogens with zero attached hydrogens (tertiary/aromatic N) is 1. The van der Waals surface area contributed by atoms with E-state index in [9.17, 15) is 9.18 Å². The van der Waals surface area contributed by atoms with Crippen LogP contribution >= 0.6 is 11.6 Å². The van der Waals surface area contributed by atoms with Crippen molar-refractivity contribution in [3.05, 3.63) is 29.8 Å². The molecule has 2 unspecified atom stereocenters. The number of aromatic nitrogens is 1. The Morgan fingerprint density at radius 3 is 2.74 bits per heavy atom. The first-order valence-corrected chi connectivity index (χ1v) is 7.20. The molecule has 0 aromatic carbocycles. The largest absolute Gasteiger partial charge is 0.350 e. The fourth-order valence-corrected chi connectivity index (χ4v) is 2.99. The Balaban J connectivity index is 1.87. The zero-order chi connectivity index (χ0) is 13.7. The van der Waals surface area contributed by atoms with E-state index >= 15 is 0 Å². The molecule has 1 aromatic heterocycles. The van der Waals surface area contributed by atoms with E-state index in [1.54, 1.807) is 0 Å². The number of halogens is 2. The van der Waals surface area contributed by atoms with Crippen molar-refractivity contribution in [1.82, 2.24) is 10.3 Å². The number of carbonyl (C=O) groups excluding carboxylic acids is 1. The Labute approximate surface area is 117 Å². The molecular formula is C14H18ClFN2O. The molecule has 1 N–H and O–H groups in total. The molecule has 104 valence electrons. The van der Waals surface area contributed by atoms with E-state index in [0.29, 0.717) is 24.3 Å². The highest BCUT2D eigenvalue weighted by Gasteiger charge is 2.24. The molecule has 2 rings (SSSR count). The first kappa shape index (κ1) is 14.3. The summed E-state index contributed by atoms with van der Waals surface area (Å²) in [6.45, 7) is 0.620. The molecule has 1 aliphatic carbocycles. The van der Waals surface area contributed by atoms with Gasteiger partial charge in [-0.1, -0.05) is 12.8 Å². The predicted octanol–water partition coefficient (Wildman–Crippen LogP) is 3.00. The smallest absolute Gasteiger partial charge is 0.269 e. The highest BCUT2D eigenvalue weighted by Crippen LogP contribution is 2.30. The van der Waals surface area contributed by atoms with Crippen LogP contribution in [0.25, 0.3) is 0 Å². The summed E-state index contributed by atoms with van der Waals surface area (Å²) in [4.78, 5) is 15.6. The first-order chi connectivity index (χ1) is 9.20. The van der Waals surface area contributed by atoms with Crippen LogP contribution in [0.1, 0.15) is 36.2 Å². The van der Waals surface area contributed by atoms with Crippen LogP contribution in [0.15, 0.2) is 18.3 Å². The average molecular weight is 285 g/mol. The quantitative estimate of drug-likeness (QED) is 0.864. The molecule has 1 aromatic rings. The topological polar surface area (TPSA) is 42.0 Å². The summed E-state index contributed by atoms with van der Waals surface area (Å²) in [5.41, 5.74) is 0.250. The van der Waals surface area contributed by atoms with Crippen LogP contribution in [0.3, 0.4) is 0 Å². The lowest BCUT2D eigenvalue weighted by atomic mass is 9.80. The summed E-state index contributed by atoms with van der Waals surface area (Å²) in [6.07, 6.45) is 5.72. The zero-order valence-electron chi connectivity index (χ0n) is 10.7. The van der Waals surface area contributed by atoms with Crippen molar-refractivity contribution >= 4 is 17.5 Å². The minimum absolute atomic E-state index is 0.250. The van der Waals surface area contributed by atoms with Crippen LogP contribution in [0.5, 0.6) is 0 Å². The molecule has 1 heterocycles. The van der Waals surface area contributed by atoms with Crippen LogP contribution in [-0.2, 0) is 0 Å². The van der Waals surface area contributed by atoms with E-state index in [4.69, 9.17) is 11.6 Å². The molecule has 1 fully saturated rings. The van der Waals surface area contributed by atoms with Gasteiger partial charge in [-0.25, -0.2) is 9.37 Å². The Morgan fingerprint density at radius 1 is 1.37 bits per heavy atom. The van der Waals surface area contributed by atoms with Crippen molar-refractivity contribution in [1.29, 1.82) is 0 Å². The Hall–Kier alpha value is -1.16. The number of hydrogen-bond acceptors (Lipinski definition) is 2. The molecule has 1 amide bonds. The molecule has 0 bridgehead atoms. The number of nitrogens with one attached hydrogen (secondary N) is 1. The van der Waals surface area contributed by atoms with E-state index in [1.807, 2.05) is 0 Å². The van der Waals surface area contributed by atoms with Gasteiger partial charge in [0.1, 0.15) is 11.5 Å². The lowest BCUT2D eigenvalue weighted by molar-refractivity contribution is 0.0931. The van der Waals surface area contributed by atoms with Crippen LogP contribution in [0.4, 0.5) is 4.39 Å². The van der Waals surface area contributed by atoms with Gasteiger partial charge in [0.05, 0.1) is 6.20 Å². The standard InChI is InChI=1S/C14H18ClFN2O/c15-7-10-3-1-2-4-11(10)8-18-14(19)13-6-5-12(16)9-17-13/h5-6,9-11H,1-4,7-8H2,(H,18,19). The molecule has 19 heavy (non-hydrogen) atoms. The number of rotatable bonds is 4. The lowest BCUT2D eigenvalue weighted by Gasteiger charge is -2.30. The first-order valence-electron chi connectivity index (χ1n) is 6.66. The van der Waals surface area contributed by atoms with Crippen molar-refractivity contribution in [2.24, 2.45) is 11.8 Å². The van der Waals surface area contributed by atoms with Gasteiger partial charge in [-0.15, -0.1) is 11.6 Å². The van der Waals surface area contributed by atoms with E-state index in [-0.39, 0.29) is 11.6 Å². The van der Waals surface area contributed by atoms with Crippen LogP contribution < -0.4 is 5.32 Å². The molecule has 0 spiro atoms. The van der Waals surface area contributed by atoms with Crippen molar-refractivity contribution in [3.63, 3.8) is 0 Å². The molecule has 1 saturated carbocycles. The minimum atomic E-state index is -0.439. The van der Waals surface area contributed by atoms with Gasteiger partial charge >= 0.3 is 0 Å². The van der Waals surface area contributed by atoms with E-state index in [2.05, 4.69) is 10.3 Å². The fraction of sp³-hybridized carbons (Fsp3) is 0.571. The van der Waals surface area contributed by atoms with Gasteiger partial charge in [0, 0.05) is 12.4 Å². The maximum atomic E-state index is 12.7. The summed E-state index contributed by atoms with van der Waals surface area (Å²) in [6, 6.07) is 2.63. The summed E-state index contributed by atoms with van der Waals surface area (Å²) >= 11 is 5.96. The number of alkyl halides is 1. The van der Waals surface area contributed by atoms with Crippen LogP contribution in [0.2, 0.25) is 0 Å². The number of carbonyl (C=O) groups is 1. The zero-order valence-corrected chi connectivity index (χ0v) is 11.5. The van der Waals surface area contributed by atoms with Gasteiger partial charge in [-0.3, -0.25) is 4.79 Å². The minimum Gasteiger partial charge on any atom is -0.350 e. The van der Waals surface area contributed by atoms with Gasteiger partial charge in [0.2, 0.25) is 0 Å². The highest BCUT2D eigenvalue weighted by molar-refractivity contribution is 6.18. The van der Waals surface area contributed by atoms with Crippen LogP contribution in [0, 0.1) is 17.7 Å². The second kappa shape index (κ2) is 6.85. The molecule has 0 radical (unpaired) electrons. The molecule has 1 aliphatic rings. The van der Waals surface area contributed by atoms with E-state index in [0.717, 1.165) is 19.0 Å². The van der Waals surface area contributed by atoms with Gasteiger partial charge in [0.15, 0.2) is 0 Å². The molecule has 0 saturated heterocycles. The molecule has 5 heteroatoms. The Kier molecular flexibility index (Phi) is 5.14. The number of amides is 1. The monoisotopic (exact) mass is 284 g/mol. The lowest BCUT2D eigenvalue weighted by Crippen LogP contribution is -2.35. The fourth-order valence-electron chi connectivity index (χ4n) is 2.58. The van der Waals surface area contributed by atoms with Gasteiger partial charge in [0.25, 0.3) is 5.91 Å².